The van der Waals surface area contributed by atoms with Crippen LogP contribution in [0.4, 0.5) is 0 Å². The maximum Gasteiger partial charge on any atom is 0.320 e. The first-order valence-electron chi connectivity index (χ1n) is 5.79. The van der Waals surface area contributed by atoms with E-state index in [1.807, 2.05) is 34.6 Å². The third kappa shape index (κ3) is 4.94. The number of hydrogen-bond donors (Lipinski definition) is 3. The highest BCUT2D eigenvalue weighted by molar-refractivity contribution is 5.73. The summed E-state index contributed by atoms with van der Waals surface area (Å²) in [5, 5.41) is 21.2. The Labute approximate surface area is 98.1 Å². The molecule has 0 saturated carbocycles. The van der Waals surface area contributed by atoms with Gasteiger partial charge >= 0.3 is 5.97 Å². The second-order valence-electron chi connectivity index (χ2n) is 5.66. The summed E-state index contributed by atoms with van der Waals surface area (Å²) < 4.78 is 0. The monoisotopic (exact) mass is 231 g/mol. The average molecular weight is 231 g/mol. The lowest BCUT2D eigenvalue weighted by Gasteiger charge is -2.34. The lowest BCUT2D eigenvalue weighted by atomic mass is 9.84. The number of carbonyl (C=O) groups is 1. The van der Waals surface area contributed by atoms with Crippen LogP contribution < -0.4 is 5.32 Å². The molecule has 0 radical (unpaired) electrons. The summed E-state index contributed by atoms with van der Waals surface area (Å²) in [4.78, 5) is 11.1. The summed E-state index contributed by atoms with van der Waals surface area (Å²) in [6.07, 6.45) is 0.569. The van der Waals surface area contributed by atoms with E-state index in [1.165, 1.54) is 0 Å². The molecule has 0 rings (SSSR count). The number of rotatable bonds is 6. The van der Waals surface area contributed by atoms with Crippen LogP contribution >= 0.6 is 0 Å². The quantitative estimate of drug-likeness (QED) is 0.647. The first-order chi connectivity index (χ1) is 7.20. The topological polar surface area (TPSA) is 69.6 Å². The van der Waals surface area contributed by atoms with Crippen LogP contribution in [0, 0.1) is 11.3 Å². The number of carboxylic acid groups (broad SMARTS) is 1. The summed E-state index contributed by atoms with van der Waals surface area (Å²) in [7, 11) is 0. The Morgan fingerprint density at radius 2 is 1.81 bits per heavy atom. The zero-order valence-corrected chi connectivity index (χ0v) is 10.9. The second-order valence-corrected chi connectivity index (χ2v) is 5.66. The Balaban J connectivity index is 4.65. The fourth-order valence-electron chi connectivity index (χ4n) is 1.66. The molecule has 0 fully saturated rings. The van der Waals surface area contributed by atoms with Crippen molar-refractivity contribution >= 4 is 5.97 Å². The van der Waals surface area contributed by atoms with Crippen LogP contribution in [0.3, 0.4) is 0 Å². The number of carboxylic acids is 1. The zero-order valence-electron chi connectivity index (χ0n) is 10.9. The smallest absolute Gasteiger partial charge is 0.320 e. The number of hydrogen-bond acceptors (Lipinski definition) is 3. The molecule has 0 aliphatic carbocycles. The Morgan fingerprint density at radius 3 is 2.06 bits per heavy atom. The average Bonchev–Trinajstić information content (AvgIpc) is 2.08. The van der Waals surface area contributed by atoms with E-state index in [2.05, 4.69) is 5.32 Å². The van der Waals surface area contributed by atoms with E-state index in [-0.39, 0.29) is 24.0 Å². The Hall–Kier alpha value is -0.610. The van der Waals surface area contributed by atoms with Crippen molar-refractivity contribution in [3.63, 3.8) is 0 Å². The van der Waals surface area contributed by atoms with Gasteiger partial charge in [-0.2, -0.15) is 0 Å². The lowest BCUT2D eigenvalue weighted by Crippen LogP contribution is -2.51. The van der Waals surface area contributed by atoms with Gasteiger partial charge in [-0.25, -0.2) is 0 Å². The highest BCUT2D eigenvalue weighted by atomic mass is 16.4. The summed E-state index contributed by atoms with van der Waals surface area (Å²) in [6.45, 7) is 9.95. The van der Waals surface area contributed by atoms with Crippen LogP contribution in [-0.2, 0) is 4.79 Å². The van der Waals surface area contributed by atoms with Gasteiger partial charge in [-0.15, -0.1) is 0 Å². The van der Waals surface area contributed by atoms with Crippen LogP contribution in [0.1, 0.15) is 41.0 Å². The summed E-state index contributed by atoms with van der Waals surface area (Å²) in [5.41, 5.74) is -0.0642. The van der Waals surface area contributed by atoms with Gasteiger partial charge in [0, 0.05) is 12.6 Å². The predicted octanol–water partition coefficient (Wildman–Crippen LogP) is 1.48. The number of aliphatic carboxylic acids is 1. The summed E-state index contributed by atoms with van der Waals surface area (Å²) in [6, 6.07) is -0.559. The predicted molar refractivity (Wildman–Crippen MR) is 64.3 cm³/mol. The molecule has 4 heteroatoms. The lowest BCUT2D eigenvalue weighted by molar-refractivity contribution is -0.141. The van der Waals surface area contributed by atoms with Crippen LogP contribution in [0.5, 0.6) is 0 Å². The van der Waals surface area contributed by atoms with Crippen LogP contribution in [0.2, 0.25) is 0 Å². The Kier molecular flexibility index (Phi) is 5.97. The molecule has 0 aliphatic rings. The Morgan fingerprint density at radius 1 is 1.31 bits per heavy atom. The van der Waals surface area contributed by atoms with E-state index < -0.39 is 12.0 Å². The molecule has 2 atom stereocenters. The van der Waals surface area contributed by atoms with E-state index in [0.29, 0.717) is 6.42 Å². The highest BCUT2D eigenvalue weighted by Gasteiger charge is 2.30. The molecule has 0 aliphatic heterocycles. The van der Waals surface area contributed by atoms with Gasteiger partial charge in [0.1, 0.15) is 6.04 Å². The molecule has 0 aromatic heterocycles. The van der Waals surface area contributed by atoms with Crippen molar-refractivity contribution in [2.45, 2.75) is 53.1 Å². The first kappa shape index (κ1) is 15.4. The minimum Gasteiger partial charge on any atom is -0.480 e. The van der Waals surface area contributed by atoms with Crippen molar-refractivity contribution in [2.75, 3.05) is 6.61 Å². The van der Waals surface area contributed by atoms with Crippen LogP contribution in [0.25, 0.3) is 0 Å². The highest BCUT2D eigenvalue weighted by Crippen LogP contribution is 2.23. The third-order valence-corrected chi connectivity index (χ3v) is 2.78. The van der Waals surface area contributed by atoms with Crippen molar-refractivity contribution in [2.24, 2.45) is 11.3 Å². The van der Waals surface area contributed by atoms with E-state index in [0.717, 1.165) is 0 Å². The normalized spacial score (nSPS) is 16.2. The van der Waals surface area contributed by atoms with Gasteiger partial charge in [0.2, 0.25) is 0 Å². The summed E-state index contributed by atoms with van der Waals surface area (Å²) >= 11 is 0. The molecule has 0 saturated heterocycles. The minimum atomic E-state index is -0.831. The second kappa shape index (κ2) is 6.21. The molecule has 0 heterocycles. The number of aliphatic hydroxyl groups excluding tert-OH is 1. The fraction of sp³-hybridized carbons (Fsp3) is 0.917. The minimum absolute atomic E-state index is 0.000926. The van der Waals surface area contributed by atoms with Crippen LogP contribution in [0.15, 0.2) is 0 Å². The molecule has 3 N–H and O–H groups in total. The van der Waals surface area contributed by atoms with E-state index in [4.69, 9.17) is 10.2 Å². The molecule has 0 bridgehead atoms. The van der Waals surface area contributed by atoms with Gasteiger partial charge in [-0.3, -0.25) is 4.79 Å². The molecule has 96 valence electrons. The van der Waals surface area contributed by atoms with Crippen molar-refractivity contribution in [1.82, 2.24) is 5.32 Å². The van der Waals surface area contributed by atoms with E-state index >= 15 is 0 Å². The molecule has 2 unspecified atom stereocenters. The third-order valence-electron chi connectivity index (χ3n) is 2.78. The van der Waals surface area contributed by atoms with Crippen molar-refractivity contribution in [1.29, 1.82) is 0 Å². The molecule has 0 spiro atoms. The zero-order chi connectivity index (χ0) is 12.9. The van der Waals surface area contributed by atoms with Gasteiger partial charge in [0.05, 0.1) is 0 Å². The standard InChI is InChI=1S/C12H25NO3/c1-8(2)10(11(15)16)13-9(6-7-14)12(3,4)5/h8-10,13-14H,6-7H2,1-5H3,(H,15,16). The van der Waals surface area contributed by atoms with Crippen molar-refractivity contribution in [3.05, 3.63) is 0 Å². The van der Waals surface area contributed by atoms with Crippen molar-refractivity contribution < 1.29 is 15.0 Å². The van der Waals surface area contributed by atoms with Gasteiger partial charge in [0.25, 0.3) is 0 Å². The van der Waals surface area contributed by atoms with Gasteiger partial charge in [0.15, 0.2) is 0 Å². The molecular formula is C12H25NO3. The van der Waals surface area contributed by atoms with Gasteiger partial charge < -0.3 is 15.5 Å². The molecule has 0 aromatic carbocycles. The van der Waals surface area contributed by atoms with E-state index in [9.17, 15) is 4.79 Å². The molecule has 0 aromatic rings. The fourth-order valence-corrected chi connectivity index (χ4v) is 1.66. The SMILES string of the molecule is CC(C)C(NC(CCO)C(C)(C)C)C(=O)O. The summed E-state index contributed by atoms with van der Waals surface area (Å²) in [5.74, 6) is -0.803. The largest absolute Gasteiger partial charge is 0.480 e. The molecule has 4 nitrogen and oxygen atoms in total. The van der Waals surface area contributed by atoms with Crippen LogP contribution in [-0.4, -0.2) is 34.9 Å². The van der Waals surface area contributed by atoms with E-state index in [1.54, 1.807) is 0 Å². The molecule has 0 amide bonds. The van der Waals surface area contributed by atoms with Gasteiger partial charge in [-0.05, 0) is 17.8 Å². The maximum atomic E-state index is 11.1. The Bertz CT molecular complexity index is 221. The molecular weight excluding hydrogens is 206 g/mol. The molecule has 16 heavy (non-hydrogen) atoms. The van der Waals surface area contributed by atoms with Crippen molar-refractivity contribution in [3.8, 4) is 0 Å². The number of aliphatic hydroxyl groups is 1. The van der Waals surface area contributed by atoms with Gasteiger partial charge in [-0.1, -0.05) is 34.6 Å². The first-order valence-corrected chi connectivity index (χ1v) is 5.79. The number of nitrogens with one attached hydrogen (secondary N) is 1. The maximum absolute atomic E-state index is 11.1.